The van der Waals surface area contributed by atoms with Crippen molar-refractivity contribution >= 4 is 15.5 Å². The number of benzene rings is 1. The van der Waals surface area contributed by atoms with Gasteiger partial charge in [-0.25, -0.2) is 18.1 Å². The SMILES string of the molecule is COc1cc(C)c(S(=O)(=O)NCCc2ncc3ccccn23)c(C)c1. The second-order valence-corrected chi connectivity index (χ2v) is 7.61. The number of sulfonamides is 1. The fourth-order valence-corrected chi connectivity index (χ4v) is 4.49. The summed E-state index contributed by atoms with van der Waals surface area (Å²) in [5.74, 6) is 1.47. The third kappa shape index (κ3) is 3.52. The number of aromatic nitrogens is 2. The van der Waals surface area contributed by atoms with Crippen LogP contribution in [0.4, 0.5) is 0 Å². The molecule has 132 valence electrons. The predicted molar refractivity (Wildman–Crippen MR) is 96.6 cm³/mol. The average Bonchev–Trinajstić information content (AvgIpc) is 2.97. The summed E-state index contributed by atoms with van der Waals surface area (Å²) in [6, 6.07) is 9.28. The molecule has 0 spiro atoms. The first-order valence-corrected chi connectivity index (χ1v) is 9.46. The molecule has 0 bridgehead atoms. The highest BCUT2D eigenvalue weighted by Gasteiger charge is 2.20. The molecule has 0 amide bonds. The number of methoxy groups -OCH3 is 1. The van der Waals surface area contributed by atoms with Gasteiger partial charge in [0.05, 0.1) is 23.7 Å². The van der Waals surface area contributed by atoms with Crippen LogP contribution in [0, 0.1) is 13.8 Å². The molecular formula is C18H21N3O3S. The maximum absolute atomic E-state index is 12.7. The first-order valence-electron chi connectivity index (χ1n) is 7.98. The Kier molecular flexibility index (Phi) is 4.78. The molecule has 1 aromatic carbocycles. The second-order valence-electron chi connectivity index (χ2n) is 5.91. The molecule has 0 radical (unpaired) electrons. The molecule has 1 N–H and O–H groups in total. The van der Waals surface area contributed by atoms with Crippen molar-refractivity contribution in [2.45, 2.75) is 25.2 Å². The van der Waals surface area contributed by atoms with Crippen LogP contribution >= 0.6 is 0 Å². The molecule has 2 aromatic heterocycles. The maximum atomic E-state index is 12.7. The Balaban J connectivity index is 1.76. The Hall–Kier alpha value is -2.38. The zero-order valence-corrected chi connectivity index (χ0v) is 15.3. The van der Waals surface area contributed by atoms with Gasteiger partial charge in [0, 0.05) is 19.2 Å². The number of hydrogen-bond donors (Lipinski definition) is 1. The quantitative estimate of drug-likeness (QED) is 0.734. The van der Waals surface area contributed by atoms with E-state index in [0.717, 1.165) is 11.3 Å². The highest BCUT2D eigenvalue weighted by Crippen LogP contribution is 2.25. The van der Waals surface area contributed by atoms with Gasteiger partial charge >= 0.3 is 0 Å². The number of aryl methyl sites for hydroxylation is 2. The molecule has 25 heavy (non-hydrogen) atoms. The molecule has 3 aromatic rings. The highest BCUT2D eigenvalue weighted by molar-refractivity contribution is 7.89. The van der Waals surface area contributed by atoms with Crippen LogP contribution in [0.5, 0.6) is 5.75 Å². The van der Waals surface area contributed by atoms with Crippen LogP contribution < -0.4 is 9.46 Å². The lowest BCUT2D eigenvalue weighted by Crippen LogP contribution is -2.27. The van der Waals surface area contributed by atoms with Gasteiger partial charge in [-0.2, -0.15) is 0 Å². The van der Waals surface area contributed by atoms with Crippen molar-refractivity contribution in [2.24, 2.45) is 0 Å². The van der Waals surface area contributed by atoms with Gasteiger partial charge in [-0.1, -0.05) is 6.07 Å². The summed E-state index contributed by atoms with van der Waals surface area (Å²) in [5, 5.41) is 0. The van der Waals surface area contributed by atoms with Gasteiger partial charge in [-0.3, -0.25) is 0 Å². The molecule has 0 aliphatic rings. The van der Waals surface area contributed by atoms with Crippen LogP contribution in [0.3, 0.4) is 0 Å². The largest absolute Gasteiger partial charge is 0.497 e. The van der Waals surface area contributed by atoms with Gasteiger partial charge in [0.25, 0.3) is 0 Å². The zero-order chi connectivity index (χ0) is 18.0. The number of rotatable bonds is 6. The number of nitrogens with one attached hydrogen (secondary N) is 1. The van der Waals surface area contributed by atoms with E-state index < -0.39 is 10.0 Å². The fraction of sp³-hybridized carbons (Fsp3) is 0.278. The molecule has 0 saturated carbocycles. The molecule has 2 heterocycles. The van der Waals surface area contributed by atoms with E-state index in [4.69, 9.17) is 4.74 Å². The molecule has 0 unspecified atom stereocenters. The van der Waals surface area contributed by atoms with Crippen molar-refractivity contribution in [2.75, 3.05) is 13.7 Å². The van der Waals surface area contributed by atoms with Gasteiger partial charge in [0.15, 0.2) is 0 Å². The van der Waals surface area contributed by atoms with E-state index >= 15 is 0 Å². The lowest BCUT2D eigenvalue weighted by molar-refractivity contribution is 0.413. The van der Waals surface area contributed by atoms with Crippen LogP contribution in [0.15, 0.2) is 47.6 Å². The number of pyridine rings is 1. The number of fused-ring (bicyclic) bond motifs is 1. The molecule has 0 aliphatic heterocycles. The number of ether oxygens (including phenoxy) is 1. The molecule has 7 heteroatoms. The summed E-state index contributed by atoms with van der Waals surface area (Å²) in [6.07, 6.45) is 4.21. The van der Waals surface area contributed by atoms with Gasteiger partial charge in [-0.05, 0) is 49.2 Å². The van der Waals surface area contributed by atoms with E-state index in [1.165, 1.54) is 0 Å². The van der Waals surface area contributed by atoms with Gasteiger partial charge < -0.3 is 9.14 Å². The number of imidazole rings is 1. The number of nitrogens with zero attached hydrogens (tertiary/aromatic N) is 2. The maximum Gasteiger partial charge on any atom is 0.241 e. The Morgan fingerprint density at radius 1 is 1.20 bits per heavy atom. The minimum absolute atomic E-state index is 0.279. The van der Waals surface area contributed by atoms with Crippen LogP contribution in [0.2, 0.25) is 0 Å². The van der Waals surface area contributed by atoms with E-state index in [9.17, 15) is 8.42 Å². The lowest BCUT2D eigenvalue weighted by Gasteiger charge is -2.13. The van der Waals surface area contributed by atoms with Crippen LogP contribution in [-0.4, -0.2) is 31.5 Å². The second kappa shape index (κ2) is 6.85. The van der Waals surface area contributed by atoms with E-state index in [1.54, 1.807) is 39.3 Å². The summed E-state index contributed by atoms with van der Waals surface area (Å²) in [7, 11) is -2.03. The van der Waals surface area contributed by atoms with Gasteiger partial charge in [0.1, 0.15) is 11.6 Å². The molecule has 0 aliphatic carbocycles. The van der Waals surface area contributed by atoms with Gasteiger partial charge in [0.2, 0.25) is 10.0 Å². The van der Waals surface area contributed by atoms with Crippen LogP contribution in [0.1, 0.15) is 17.0 Å². The topological polar surface area (TPSA) is 72.7 Å². The summed E-state index contributed by atoms with van der Waals surface area (Å²) in [4.78, 5) is 4.66. The van der Waals surface area contributed by atoms with Crippen LogP contribution in [-0.2, 0) is 16.4 Å². The average molecular weight is 359 g/mol. The first kappa shape index (κ1) is 17.4. The molecule has 0 atom stereocenters. The number of hydrogen-bond acceptors (Lipinski definition) is 4. The summed E-state index contributed by atoms with van der Waals surface area (Å²) >= 11 is 0. The normalized spacial score (nSPS) is 11.8. The van der Waals surface area contributed by atoms with Crippen molar-refractivity contribution in [3.63, 3.8) is 0 Å². The first-order chi connectivity index (χ1) is 11.9. The van der Waals surface area contributed by atoms with Crippen molar-refractivity contribution in [1.82, 2.24) is 14.1 Å². The molecule has 0 saturated heterocycles. The summed E-state index contributed by atoms with van der Waals surface area (Å²) in [5.41, 5.74) is 2.31. The third-order valence-corrected chi connectivity index (χ3v) is 5.86. The molecule has 3 rings (SSSR count). The standard InChI is InChI=1S/C18H21N3O3S/c1-13-10-16(24-3)11-14(2)18(13)25(22,23)20-8-7-17-19-12-15-6-4-5-9-21(15)17/h4-6,9-12,20H,7-8H2,1-3H3. The molecule has 6 nitrogen and oxygen atoms in total. The van der Waals surface area contributed by atoms with Crippen molar-refractivity contribution < 1.29 is 13.2 Å². The third-order valence-electron chi connectivity index (χ3n) is 4.09. The van der Waals surface area contributed by atoms with Crippen molar-refractivity contribution in [3.05, 3.63) is 59.7 Å². The predicted octanol–water partition coefficient (Wildman–Crippen LogP) is 2.48. The van der Waals surface area contributed by atoms with E-state index in [1.807, 2.05) is 28.8 Å². The smallest absolute Gasteiger partial charge is 0.241 e. The van der Waals surface area contributed by atoms with Crippen LogP contribution in [0.25, 0.3) is 5.52 Å². The molecular weight excluding hydrogens is 338 g/mol. The van der Waals surface area contributed by atoms with Crippen molar-refractivity contribution in [3.8, 4) is 5.75 Å². The van der Waals surface area contributed by atoms with E-state index in [0.29, 0.717) is 28.2 Å². The Labute approximate surface area is 147 Å². The van der Waals surface area contributed by atoms with E-state index in [2.05, 4.69) is 9.71 Å². The van der Waals surface area contributed by atoms with Crippen molar-refractivity contribution in [1.29, 1.82) is 0 Å². The van der Waals surface area contributed by atoms with Gasteiger partial charge in [-0.15, -0.1) is 0 Å². The minimum atomic E-state index is -3.60. The Bertz CT molecular complexity index is 986. The lowest BCUT2D eigenvalue weighted by atomic mass is 10.1. The zero-order valence-electron chi connectivity index (χ0n) is 14.5. The fourth-order valence-electron chi connectivity index (χ4n) is 3.01. The van der Waals surface area contributed by atoms with E-state index in [-0.39, 0.29) is 6.54 Å². The highest BCUT2D eigenvalue weighted by atomic mass is 32.2. The monoisotopic (exact) mass is 359 g/mol. The summed E-state index contributed by atoms with van der Waals surface area (Å²) in [6.45, 7) is 3.82. The molecule has 0 fully saturated rings. The summed E-state index contributed by atoms with van der Waals surface area (Å²) < 4.78 is 35.2. The Morgan fingerprint density at radius 3 is 2.60 bits per heavy atom. The Morgan fingerprint density at radius 2 is 1.92 bits per heavy atom. The minimum Gasteiger partial charge on any atom is -0.497 e.